The van der Waals surface area contributed by atoms with Crippen LogP contribution in [-0.4, -0.2) is 16.6 Å². The first-order valence-corrected chi connectivity index (χ1v) is 14.0. The molecule has 0 aliphatic carbocycles. The summed E-state index contributed by atoms with van der Waals surface area (Å²) in [6.45, 7) is 0. The molecule has 182 valence electrons. The second-order valence-corrected chi connectivity index (χ2v) is 11.1. The van der Waals surface area contributed by atoms with E-state index in [9.17, 15) is 0 Å². The van der Waals surface area contributed by atoms with Crippen LogP contribution < -0.4 is 9.62 Å². The summed E-state index contributed by atoms with van der Waals surface area (Å²) in [7, 11) is -0.0785. The Morgan fingerprint density at radius 3 is 2.36 bits per heavy atom. The van der Waals surface area contributed by atoms with E-state index in [1.807, 2.05) is 17.5 Å². The highest BCUT2D eigenvalue weighted by atomic mass is 32.1. The van der Waals surface area contributed by atoms with E-state index in [2.05, 4.69) is 136 Å². The molecule has 0 amide bonds. The van der Waals surface area contributed by atoms with Crippen molar-refractivity contribution in [3.63, 3.8) is 0 Å². The summed E-state index contributed by atoms with van der Waals surface area (Å²) in [4.78, 5) is 9.68. The van der Waals surface area contributed by atoms with E-state index in [0.717, 1.165) is 17.1 Å². The number of aromatic nitrogens is 2. The molecular formula is C33H21BN4S. The van der Waals surface area contributed by atoms with E-state index in [-0.39, 0.29) is 7.12 Å². The SMILES string of the molecule is c1ccc(N2B3N(c4ccccc4-c4nccn43)c3cc(-c4cccc5c4sc4ccccc45)ccc32)cc1. The smallest absolute Gasteiger partial charge is 0.344 e. The van der Waals surface area contributed by atoms with E-state index in [4.69, 9.17) is 4.98 Å². The Labute approximate surface area is 230 Å². The van der Waals surface area contributed by atoms with E-state index >= 15 is 0 Å². The molecular weight excluding hydrogens is 495 g/mol. The van der Waals surface area contributed by atoms with Gasteiger partial charge in [-0.3, -0.25) is 0 Å². The number of imidazole rings is 1. The van der Waals surface area contributed by atoms with Gasteiger partial charge in [-0.05, 0) is 53.6 Å². The molecule has 7 aromatic rings. The second-order valence-electron chi connectivity index (χ2n) is 10.1. The standard InChI is InChI=1S/C33H21BN4S/c1-2-9-23(10-3-1)37-29-18-17-22(24-13-8-14-26-25-11-5-7-16-31(25)39-32(24)26)21-30(29)38-28-15-6-4-12-27(28)33-35-19-20-36(33)34(37)38/h1-21H. The van der Waals surface area contributed by atoms with Gasteiger partial charge in [0, 0.05) is 49.5 Å². The molecule has 0 atom stereocenters. The quantitative estimate of drug-likeness (QED) is 0.215. The fraction of sp³-hybridized carbons (Fsp3) is 0. The molecule has 2 aliphatic heterocycles. The van der Waals surface area contributed by atoms with Crippen molar-refractivity contribution in [3.05, 3.63) is 128 Å². The Kier molecular flexibility index (Phi) is 4.26. The van der Waals surface area contributed by atoms with Crippen molar-refractivity contribution in [2.45, 2.75) is 0 Å². The first-order chi connectivity index (χ1) is 19.4. The minimum atomic E-state index is -0.0785. The Hall–Kier alpha value is -4.81. The molecule has 0 saturated heterocycles. The first kappa shape index (κ1) is 21.2. The third kappa shape index (κ3) is 2.86. The van der Waals surface area contributed by atoms with Crippen molar-refractivity contribution < 1.29 is 0 Å². The van der Waals surface area contributed by atoms with Gasteiger partial charge < -0.3 is 14.1 Å². The number of para-hydroxylation sites is 2. The topological polar surface area (TPSA) is 24.3 Å². The lowest BCUT2D eigenvalue weighted by atomic mass is 9.82. The predicted molar refractivity (Wildman–Crippen MR) is 164 cm³/mol. The molecule has 2 aliphatic rings. The maximum Gasteiger partial charge on any atom is 0.519 e. The number of anilines is 4. The van der Waals surface area contributed by atoms with Gasteiger partial charge in [-0.1, -0.05) is 72.8 Å². The monoisotopic (exact) mass is 516 g/mol. The highest BCUT2D eigenvalue weighted by Gasteiger charge is 2.49. The molecule has 0 bridgehead atoms. The molecule has 0 spiro atoms. The molecule has 0 saturated carbocycles. The molecule has 4 heterocycles. The summed E-state index contributed by atoms with van der Waals surface area (Å²) in [6.07, 6.45) is 4.01. The Balaban J connectivity index is 1.31. The van der Waals surface area contributed by atoms with Gasteiger partial charge in [0.1, 0.15) is 5.82 Å². The van der Waals surface area contributed by atoms with Gasteiger partial charge in [0.05, 0.1) is 11.4 Å². The van der Waals surface area contributed by atoms with Crippen molar-refractivity contribution in [2.24, 2.45) is 0 Å². The molecule has 0 radical (unpaired) electrons. The van der Waals surface area contributed by atoms with Gasteiger partial charge in [0.15, 0.2) is 0 Å². The van der Waals surface area contributed by atoms with Gasteiger partial charge in [-0.2, -0.15) is 0 Å². The minimum absolute atomic E-state index is 0.0785. The second kappa shape index (κ2) is 7.85. The maximum absolute atomic E-state index is 4.78. The lowest BCUT2D eigenvalue weighted by molar-refractivity contribution is 1.09. The Bertz CT molecular complexity index is 2060. The van der Waals surface area contributed by atoms with E-state index in [1.54, 1.807) is 0 Å². The molecule has 2 aromatic heterocycles. The fourth-order valence-electron chi connectivity index (χ4n) is 6.37. The molecule has 0 unspecified atom stereocenters. The van der Waals surface area contributed by atoms with E-state index < -0.39 is 0 Å². The first-order valence-electron chi connectivity index (χ1n) is 13.2. The normalized spacial score (nSPS) is 13.5. The summed E-state index contributed by atoms with van der Waals surface area (Å²) in [5.41, 5.74) is 8.38. The number of benzene rings is 5. The number of rotatable bonds is 2. The maximum atomic E-state index is 4.78. The molecule has 9 rings (SSSR count). The lowest BCUT2D eigenvalue weighted by Gasteiger charge is -2.35. The number of thiophene rings is 1. The van der Waals surface area contributed by atoms with Crippen LogP contribution in [0.2, 0.25) is 0 Å². The number of nitrogens with zero attached hydrogens (tertiary/aromatic N) is 4. The molecule has 6 heteroatoms. The van der Waals surface area contributed by atoms with Crippen molar-refractivity contribution in [1.82, 2.24) is 9.46 Å². The van der Waals surface area contributed by atoms with Crippen molar-refractivity contribution in [3.8, 4) is 22.5 Å². The largest absolute Gasteiger partial charge is 0.519 e. The third-order valence-corrected chi connectivity index (χ3v) is 9.25. The van der Waals surface area contributed by atoms with Crippen LogP contribution >= 0.6 is 11.3 Å². The molecule has 0 N–H and O–H groups in total. The fourth-order valence-corrected chi connectivity index (χ4v) is 7.61. The predicted octanol–water partition coefficient (Wildman–Crippen LogP) is 8.72. The van der Waals surface area contributed by atoms with Gasteiger partial charge in [0.2, 0.25) is 0 Å². The Morgan fingerprint density at radius 1 is 0.615 bits per heavy atom. The number of hydrogen-bond donors (Lipinski definition) is 0. The van der Waals surface area contributed by atoms with Crippen LogP contribution in [-0.2, 0) is 0 Å². The van der Waals surface area contributed by atoms with Crippen LogP contribution in [0.25, 0.3) is 42.7 Å². The zero-order valence-corrected chi connectivity index (χ0v) is 21.7. The number of fused-ring (bicyclic) bond motifs is 11. The van der Waals surface area contributed by atoms with Crippen LogP contribution in [0.1, 0.15) is 0 Å². The average molecular weight is 516 g/mol. The molecule has 0 fully saturated rings. The van der Waals surface area contributed by atoms with Crippen molar-refractivity contribution in [1.29, 1.82) is 0 Å². The minimum Gasteiger partial charge on any atom is -0.344 e. The van der Waals surface area contributed by atoms with Crippen LogP contribution in [0.15, 0.2) is 128 Å². The zero-order chi connectivity index (χ0) is 25.5. The zero-order valence-electron chi connectivity index (χ0n) is 20.9. The lowest BCUT2D eigenvalue weighted by Crippen LogP contribution is -2.51. The van der Waals surface area contributed by atoms with E-state index in [0.29, 0.717) is 0 Å². The van der Waals surface area contributed by atoms with Crippen LogP contribution in [0, 0.1) is 0 Å². The van der Waals surface area contributed by atoms with Crippen LogP contribution in [0.5, 0.6) is 0 Å². The average Bonchev–Trinajstić information content (AvgIpc) is 3.71. The van der Waals surface area contributed by atoms with E-state index in [1.165, 1.54) is 48.4 Å². The molecule has 4 nitrogen and oxygen atoms in total. The number of hydrogen-bond acceptors (Lipinski definition) is 4. The highest BCUT2D eigenvalue weighted by Crippen LogP contribution is 2.52. The van der Waals surface area contributed by atoms with Crippen LogP contribution in [0.3, 0.4) is 0 Å². The van der Waals surface area contributed by atoms with Gasteiger partial charge >= 0.3 is 7.12 Å². The summed E-state index contributed by atoms with van der Waals surface area (Å²) in [6, 6.07) is 41.7. The van der Waals surface area contributed by atoms with Crippen molar-refractivity contribution in [2.75, 3.05) is 9.62 Å². The van der Waals surface area contributed by atoms with Gasteiger partial charge in [-0.25, -0.2) is 4.98 Å². The summed E-state index contributed by atoms with van der Waals surface area (Å²) in [5, 5.41) is 2.65. The van der Waals surface area contributed by atoms with Gasteiger partial charge in [-0.15, -0.1) is 11.3 Å². The summed E-state index contributed by atoms with van der Waals surface area (Å²) < 4.78 is 4.96. The summed E-state index contributed by atoms with van der Waals surface area (Å²) >= 11 is 1.88. The van der Waals surface area contributed by atoms with Crippen molar-refractivity contribution >= 4 is 61.4 Å². The summed E-state index contributed by atoms with van der Waals surface area (Å²) in [5.74, 6) is 0.996. The highest BCUT2D eigenvalue weighted by molar-refractivity contribution is 7.26. The Morgan fingerprint density at radius 2 is 1.41 bits per heavy atom. The van der Waals surface area contributed by atoms with Crippen LogP contribution in [0.4, 0.5) is 22.7 Å². The molecule has 5 aromatic carbocycles. The third-order valence-electron chi connectivity index (χ3n) is 8.03. The molecule has 39 heavy (non-hydrogen) atoms. The van der Waals surface area contributed by atoms with Gasteiger partial charge in [0.25, 0.3) is 0 Å².